The predicted molar refractivity (Wildman–Crippen MR) is 77.4 cm³/mol. The summed E-state index contributed by atoms with van der Waals surface area (Å²) in [6.07, 6.45) is 3.03. The van der Waals surface area contributed by atoms with Crippen molar-refractivity contribution in [1.29, 1.82) is 0 Å². The van der Waals surface area contributed by atoms with E-state index in [2.05, 4.69) is 31.4 Å². The number of benzene rings is 1. The number of carbonyl (C=O) groups excluding carboxylic acids is 1. The van der Waals surface area contributed by atoms with Crippen LogP contribution in [0, 0.1) is 6.92 Å². The number of fused-ring (bicyclic) bond motifs is 1. The molecule has 4 nitrogen and oxygen atoms in total. The summed E-state index contributed by atoms with van der Waals surface area (Å²) < 4.78 is 1.00. The van der Waals surface area contributed by atoms with Crippen molar-refractivity contribution >= 4 is 27.5 Å². The summed E-state index contributed by atoms with van der Waals surface area (Å²) in [5.41, 5.74) is 4.57. The second kappa shape index (κ2) is 4.81. The molecule has 1 heterocycles. The van der Waals surface area contributed by atoms with Crippen LogP contribution in [0.15, 0.2) is 22.7 Å². The summed E-state index contributed by atoms with van der Waals surface area (Å²) in [6.45, 7) is 1.97. The van der Waals surface area contributed by atoms with Gasteiger partial charge in [0.1, 0.15) is 0 Å². The quantitative estimate of drug-likeness (QED) is 0.892. The maximum absolute atomic E-state index is 12.3. The van der Waals surface area contributed by atoms with Crippen LogP contribution in [0.5, 0.6) is 0 Å². The molecular formula is C14H14BrN3O. The molecule has 0 radical (unpaired) electrons. The summed E-state index contributed by atoms with van der Waals surface area (Å²) in [4.78, 5) is 12.3. The lowest BCUT2D eigenvalue weighted by atomic mass is 10.1. The summed E-state index contributed by atoms with van der Waals surface area (Å²) in [7, 11) is 0. The van der Waals surface area contributed by atoms with Crippen molar-refractivity contribution in [2.45, 2.75) is 26.2 Å². The van der Waals surface area contributed by atoms with E-state index in [1.807, 2.05) is 25.1 Å². The van der Waals surface area contributed by atoms with E-state index < -0.39 is 0 Å². The fraction of sp³-hybridized carbons (Fsp3) is 0.286. The van der Waals surface area contributed by atoms with E-state index in [0.717, 1.165) is 46.2 Å². The Labute approximate surface area is 119 Å². The summed E-state index contributed by atoms with van der Waals surface area (Å²) in [5, 5.41) is 10.0. The number of rotatable bonds is 2. The molecule has 0 unspecified atom stereocenters. The number of nitrogens with zero attached hydrogens (tertiary/aromatic N) is 1. The second-order valence-electron chi connectivity index (χ2n) is 4.80. The Balaban J connectivity index is 1.85. The van der Waals surface area contributed by atoms with Gasteiger partial charge in [0.05, 0.1) is 0 Å². The molecule has 2 N–H and O–H groups in total. The molecule has 5 heteroatoms. The summed E-state index contributed by atoms with van der Waals surface area (Å²) >= 11 is 3.41. The normalized spacial score (nSPS) is 13.4. The Morgan fingerprint density at radius 3 is 3.05 bits per heavy atom. The van der Waals surface area contributed by atoms with Crippen LogP contribution in [-0.2, 0) is 12.8 Å². The van der Waals surface area contributed by atoms with Gasteiger partial charge in [-0.25, -0.2) is 0 Å². The van der Waals surface area contributed by atoms with E-state index in [4.69, 9.17) is 0 Å². The first-order valence-electron chi connectivity index (χ1n) is 6.29. The zero-order valence-corrected chi connectivity index (χ0v) is 12.2. The summed E-state index contributed by atoms with van der Waals surface area (Å²) in [6, 6.07) is 5.78. The van der Waals surface area contributed by atoms with Crippen LogP contribution in [0.4, 0.5) is 5.69 Å². The number of aromatic amines is 1. The van der Waals surface area contributed by atoms with E-state index >= 15 is 0 Å². The number of carbonyl (C=O) groups is 1. The van der Waals surface area contributed by atoms with Gasteiger partial charge >= 0.3 is 0 Å². The number of anilines is 1. The van der Waals surface area contributed by atoms with E-state index in [-0.39, 0.29) is 5.91 Å². The zero-order chi connectivity index (χ0) is 13.4. The van der Waals surface area contributed by atoms with Gasteiger partial charge in [-0.1, -0.05) is 15.9 Å². The van der Waals surface area contributed by atoms with Crippen LogP contribution in [0.25, 0.3) is 0 Å². The fourth-order valence-corrected chi connectivity index (χ4v) is 2.93. The van der Waals surface area contributed by atoms with Crippen LogP contribution in [0.2, 0.25) is 0 Å². The minimum atomic E-state index is -0.134. The Morgan fingerprint density at radius 2 is 2.26 bits per heavy atom. The third kappa shape index (κ3) is 2.30. The molecule has 1 aromatic carbocycles. The zero-order valence-electron chi connectivity index (χ0n) is 10.6. The highest BCUT2D eigenvalue weighted by Crippen LogP contribution is 2.25. The molecule has 0 atom stereocenters. The molecule has 1 aliphatic rings. The molecule has 1 amide bonds. The van der Waals surface area contributed by atoms with Gasteiger partial charge in [0.15, 0.2) is 5.69 Å². The van der Waals surface area contributed by atoms with Crippen LogP contribution in [0.3, 0.4) is 0 Å². The molecule has 0 fully saturated rings. The Kier molecular flexibility index (Phi) is 3.14. The van der Waals surface area contributed by atoms with Gasteiger partial charge in [0.25, 0.3) is 5.91 Å². The fourth-order valence-electron chi connectivity index (χ4n) is 2.46. The Morgan fingerprint density at radius 1 is 1.42 bits per heavy atom. The molecule has 0 aliphatic heterocycles. The highest BCUT2D eigenvalue weighted by Gasteiger charge is 2.23. The van der Waals surface area contributed by atoms with Gasteiger partial charge in [-0.3, -0.25) is 9.89 Å². The minimum absolute atomic E-state index is 0.134. The maximum Gasteiger partial charge on any atom is 0.276 e. The van der Waals surface area contributed by atoms with E-state index in [0.29, 0.717) is 5.69 Å². The number of halogens is 1. The monoisotopic (exact) mass is 319 g/mol. The van der Waals surface area contributed by atoms with Gasteiger partial charge in [-0.05, 0) is 49.9 Å². The van der Waals surface area contributed by atoms with Crippen molar-refractivity contribution < 1.29 is 4.79 Å². The Hall–Kier alpha value is -1.62. The molecule has 0 spiro atoms. The highest BCUT2D eigenvalue weighted by atomic mass is 79.9. The average Bonchev–Trinajstić information content (AvgIpc) is 2.94. The number of hydrogen-bond acceptors (Lipinski definition) is 2. The van der Waals surface area contributed by atoms with Crippen molar-refractivity contribution in [2.75, 3.05) is 5.32 Å². The molecule has 98 valence electrons. The standard InChI is InChI=1S/C14H14BrN3O/c1-8-7-9(15)5-6-11(8)16-14(19)13-10-3-2-4-12(10)17-18-13/h5-7H,2-4H2,1H3,(H,16,19)(H,17,18). The summed E-state index contributed by atoms with van der Waals surface area (Å²) in [5.74, 6) is -0.134. The molecule has 3 rings (SSSR count). The number of H-pyrrole nitrogens is 1. The average molecular weight is 320 g/mol. The Bertz CT molecular complexity index is 648. The number of aryl methyl sites for hydroxylation is 2. The van der Waals surface area contributed by atoms with Gasteiger partial charge in [-0.2, -0.15) is 5.10 Å². The van der Waals surface area contributed by atoms with Crippen LogP contribution in [0.1, 0.15) is 33.7 Å². The second-order valence-corrected chi connectivity index (χ2v) is 5.71. The predicted octanol–water partition coefficient (Wildman–Crippen LogP) is 3.22. The van der Waals surface area contributed by atoms with E-state index in [1.165, 1.54) is 0 Å². The van der Waals surface area contributed by atoms with Crippen LogP contribution < -0.4 is 5.32 Å². The third-order valence-corrected chi connectivity index (χ3v) is 3.95. The molecule has 0 saturated carbocycles. The topological polar surface area (TPSA) is 57.8 Å². The smallest absolute Gasteiger partial charge is 0.276 e. The molecular weight excluding hydrogens is 306 g/mol. The maximum atomic E-state index is 12.3. The first kappa shape index (κ1) is 12.4. The number of hydrogen-bond donors (Lipinski definition) is 2. The molecule has 1 aromatic heterocycles. The molecule has 19 heavy (non-hydrogen) atoms. The minimum Gasteiger partial charge on any atom is -0.320 e. The third-order valence-electron chi connectivity index (χ3n) is 3.46. The first-order chi connectivity index (χ1) is 9.15. The van der Waals surface area contributed by atoms with Crippen molar-refractivity contribution in [1.82, 2.24) is 10.2 Å². The van der Waals surface area contributed by atoms with Gasteiger partial charge in [0.2, 0.25) is 0 Å². The van der Waals surface area contributed by atoms with Crippen molar-refractivity contribution in [3.8, 4) is 0 Å². The molecule has 1 aliphatic carbocycles. The lowest BCUT2D eigenvalue weighted by Crippen LogP contribution is -2.15. The largest absolute Gasteiger partial charge is 0.320 e. The first-order valence-corrected chi connectivity index (χ1v) is 7.08. The van der Waals surface area contributed by atoms with Gasteiger partial charge in [0, 0.05) is 21.4 Å². The lowest BCUT2D eigenvalue weighted by Gasteiger charge is -2.08. The lowest BCUT2D eigenvalue weighted by molar-refractivity contribution is 0.102. The van der Waals surface area contributed by atoms with Crippen molar-refractivity contribution in [3.05, 3.63) is 45.2 Å². The number of aromatic nitrogens is 2. The van der Waals surface area contributed by atoms with E-state index in [9.17, 15) is 4.79 Å². The van der Waals surface area contributed by atoms with Gasteiger partial charge < -0.3 is 5.32 Å². The van der Waals surface area contributed by atoms with Gasteiger partial charge in [-0.15, -0.1) is 0 Å². The molecule has 2 aromatic rings. The van der Waals surface area contributed by atoms with Crippen LogP contribution >= 0.6 is 15.9 Å². The SMILES string of the molecule is Cc1cc(Br)ccc1NC(=O)c1n[nH]c2c1CCC2. The van der Waals surface area contributed by atoms with Crippen molar-refractivity contribution in [3.63, 3.8) is 0 Å². The molecule has 0 bridgehead atoms. The highest BCUT2D eigenvalue weighted by molar-refractivity contribution is 9.10. The number of amides is 1. The van der Waals surface area contributed by atoms with E-state index in [1.54, 1.807) is 0 Å². The van der Waals surface area contributed by atoms with Crippen molar-refractivity contribution in [2.24, 2.45) is 0 Å². The molecule has 0 saturated heterocycles. The number of nitrogens with one attached hydrogen (secondary N) is 2. The van der Waals surface area contributed by atoms with Crippen LogP contribution in [-0.4, -0.2) is 16.1 Å².